The summed E-state index contributed by atoms with van der Waals surface area (Å²) in [6.45, 7) is 10.4. The molecule has 142 valence electrons. The van der Waals surface area contributed by atoms with Gasteiger partial charge >= 0.3 is 6.09 Å². The van der Waals surface area contributed by atoms with Crippen LogP contribution >= 0.6 is 0 Å². The summed E-state index contributed by atoms with van der Waals surface area (Å²) in [6.07, 6.45) is 2.86. The van der Waals surface area contributed by atoms with E-state index in [1.54, 1.807) is 7.11 Å². The number of alkyl carbamates (subject to hydrolysis) is 1. The highest BCUT2D eigenvalue weighted by atomic mass is 16.6. The van der Waals surface area contributed by atoms with Gasteiger partial charge in [0.25, 0.3) is 0 Å². The van der Waals surface area contributed by atoms with Gasteiger partial charge in [0.1, 0.15) is 11.4 Å². The minimum atomic E-state index is -0.482. The van der Waals surface area contributed by atoms with Crippen molar-refractivity contribution in [2.24, 2.45) is 0 Å². The molecule has 2 unspecified atom stereocenters. The quantitative estimate of drug-likeness (QED) is 0.692. The van der Waals surface area contributed by atoms with Crippen LogP contribution in [0.4, 0.5) is 4.79 Å². The highest BCUT2D eigenvalue weighted by Crippen LogP contribution is 2.19. The van der Waals surface area contributed by atoms with Gasteiger partial charge in [-0.15, -0.1) is 0 Å². The number of hydrogen-bond acceptors (Lipinski definition) is 4. The fraction of sp³-hybridized carbons (Fsp3) is 0.650. The maximum absolute atomic E-state index is 11.9. The van der Waals surface area contributed by atoms with Gasteiger partial charge in [0.2, 0.25) is 0 Å². The van der Waals surface area contributed by atoms with E-state index in [2.05, 4.69) is 30.5 Å². The average molecular weight is 351 g/mol. The summed E-state index contributed by atoms with van der Waals surface area (Å²) >= 11 is 0. The Labute approximate surface area is 152 Å². The smallest absolute Gasteiger partial charge is 0.407 e. The molecule has 2 N–H and O–H groups in total. The van der Waals surface area contributed by atoms with Crippen molar-refractivity contribution in [1.82, 2.24) is 10.6 Å². The molecule has 0 saturated carbocycles. The maximum atomic E-state index is 11.9. The third-order valence-corrected chi connectivity index (χ3v) is 3.88. The van der Waals surface area contributed by atoms with Gasteiger partial charge in [-0.2, -0.15) is 0 Å². The summed E-state index contributed by atoms with van der Waals surface area (Å²) in [5, 5.41) is 6.49. The lowest BCUT2D eigenvalue weighted by Gasteiger charge is -2.25. The van der Waals surface area contributed by atoms with Crippen molar-refractivity contribution in [2.75, 3.05) is 13.7 Å². The first kappa shape index (κ1) is 21.3. The van der Waals surface area contributed by atoms with E-state index in [0.717, 1.165) is 30.6 Å². The topological polar surface area (TPSA) is 59.6 Å². The average Bonchev–Trinajstić information content (AvgIpc) is 2.55. The molecule has 1 amide bonds. The number of hydrogen-bond donors (Lipinski definition) is 2. The molecule has 25 heavy (non-hydrogen) atoms. The maximum Gasteiger partial charge on any atom is 0.407 e. The van der Waals surface area contributed by atoms with E-state index in [9.17, 15) is 4.79 Å². The molecule has 5 heteroatoms. The van der Waals surface area contributed by atoms with Crippen LogP contribution in [0.25, 0.3) is 0 Å². The molecular formula is C20H34N2O3. The van der Waals surface area contributed by atoms with Gasteiger partial charge in [0.15, 0.2) is 0 Å². The summed E-state index contributed by atoms with van der Waals surface area (Å²) in [5.41, 5.74) is 0.683. The fourth-order valence-electron chi connectivity index (χ4n) is 2.58. The molecule has 5 nitrogen and oxygen atoms in total. The van der Waals surface area contributed by atoms with Crippen molar-refractivity contribution in [2.45, 2.75) is 71.6 Å². The third-order valence-electron chi connectivity index (χ3n) is 3.88. The molecular weight excluding hydrogens is 316 g/mol. The number of carbonyl (C=O) groups excluding carboxylic acids is 1. The second kappa shape index (κ2) is 10.3. The van der Waals surface area contributed by atoms with Crippen LogP contribution in [0.5, 0.6) is 5.75 Å². The lowest BCUT2D eigenvalue weighted by Crippen LogP contribution is -2.43. The van der Waals surface area contributed by atoms with Crippen LogP contribution in [0, 0.1) is 0 Å². The van der Waals surface area contributed by atoms with Crippen LogP contribution in [0.1, 0.15) is 65.5 Å². The Morgan fingerprint density at radius 1 is 1.28 bits per heavy atom. The van der Waals surface area contributed by atoms with E-state index < -0.39 is 5.60 Å². The van der Waals surface area contributed by atoms with Gasteiger partial charge < -0.3 is 20.1 Å². The number of benzene rings is 1. The van der Waals surface area contributed by atoms with Gasteiger partial charge in [-0.05, 0) is 51.8 Å². The Morgan fingerprint density at radius 2 is 2.00 bits per heavy atom. The molecule has 0 aliphatic carbocycles. The number of methoxy groups -OCH3 is 1. The number of carbonyl (C=O) groups is 1. The number of rotatable bonds is 9. The minimum absolute atomic E-state index is 0.164. The molecule has 0 aromatic heterocycles. The summed E-state index contributed by atoms with van der Waals surface area (Å²) in [6, 6.07) is 8.40. The van der Waals surface area contributed by atoms with Crippen LogP contribution in [0.3, 0.4) is 0 Å². The minimum Gasteiger partial charge on any atom is -0.497 e. The molecule has 0 radical (unpaired) electrons. The summed E-state index contributed by atoms with van der Waals surface area (Å²) in [5.74, 6) is 0.850. The van der Waals surface area contributed by atoms with Crippen LogP contribution < -0.4 is 15.4 Å². The zero-order chi connectivity index (χ0) is 18.9. The summed E-state index contributed by atoms with van der Waals surface area (Å²) in [7, 11) is 1.67. The van der Waals surface area contributed by atoms with Gasteiger partial charge in [-0.3, -0.25) is 0 Å². The number of nitrogens with one attached hydrogen (secondary N) is 2. The molecule has 0 fully saturated rings. The zero-order valence-corrected chi connectivity index (χ0v) is 16.5. The molecule has 1 rings (SSSR count). The van der Waals surface area contributed by atoms with Crippen molar-refractivity contribution in [3.05, 3.63) is 29.8 Å². The van der Waals surface area contributed by atoms with E-state index >= 15 is 0 Å². The molecule has 1 aromatic rings. The highest BCUT2D eigenvalue weighted by molar-refractivity contribution is 5.67. The van der Waals surface area contributed by atoms with Gasteiger partial charge in [-0.1, -0.05) is 31.9 Å². The SMILES string of the molecule is CCCCC(CNC(=O)OC(C)(C)C)NC(C)c1cccc(OC)c1. The van der Waals surface area contributed by atoms with Crippen molar-refractivity contribution >= 4 is 6.09 Å². The van der Waals surface area contributed by atoms with Crippen LogP contribution in [-0.2, 0) is 4.74 Å². The monoisotopic (exact) mass is 350 g/mol. The number of amides is 1. The Bertz CT molecular complexity index is 526. The first-order valence-electron chi connectivity index (χ1n) is 9.12. The zero-order valence-electron chi connectivity index (χ0n) is 16.5. The predicted octanol–water partition coefficient (Wildman–Crippen LogP) is 4.43. The van der Waals surface area contributed by atoms with Gasteiger partial charge in [0, 0.05) is 18.6 Å². The Balaban J connectivity index is 2.63. The largest absolute Gasteiger partial charge is 0.497 e. The standard InChI is InChI=1S/C20H34N2O3/c1-7-8-11-17(14-21-19(23)25-20(3,4)5)22-15(2)16-10-9-12-18(13-16)24-6/h9-10,12-13,15,17,22H,7-8,11,14H2,1-6H3,(H,21,23). The molecule has 0 heterocycles. The Morgan fingerprint density at radius 3 is 2.60 bits per heavy atom. The first-order chi connectivity index (χ1) is 11.7. The molecule has 0 spiro atoms. The van der Waals surface area contributed by atoms with Crippen molar-refractivity contribution in [1.29, 1.82) is 0 Å². The van der Waals surface area contributed by atoms with Crippen LogP contribution in [0.2, 0.25) is 0 Å². The van der Waals surface area contributed by atoms with E-state index in [1.807, 2.05) is 39.0 Å². The van der Waals surface area contributed by atoms with E-state index in [1.165, 1.54) is 0 Å². The Hall–Kier alpha value is -1.75. The first-order valence-corrected chi connectivity index (χ1v) is 9.12. The van der Waals surface area contributed by atoms with Gasteiger partial charge in [-0.25, -0.2) is 4.79 Å². The van der Waals surface area contributed by atoms with Gasteiger partial charge in [0.05, 0.1) is 7.11 Å². The summed E-state index contributed by atoms with van der Waals surface area (Å²) in [4.78, 5) is 11.9. The number of ether oxygens (including phenoxy) is 2. The second-order valence-corrected chi connectivity index (χ2v) is 7.39. The third kappa shape index (κ3) is 8.77. The molecule has 1 aromatic carbocycles. The second-order valence-electron chi connectivity index (χ2n) is 7.39. The fourth-order valence-corrected chi connectivity index (χ4v) is 2.58. The predicted molar refractivity (Wildman–Crippen MR) is 102 cm³/mol. The van der Waals surface area contributed by atoms with E-state index in [0.29, 0.717) is 6.54 Å². The van der Waals surface area contributed by atoms with E-state index in [-0.39, 0.29) is 18.2 Å². The van der Waals surface area contributed by atoms with E-state index in [4.69, 9.17) is 9.47 Å². The number of unbranched alkanes of at least 4 members (excludes halogenated alkanes) is 1. The molecule has 0 bridgehead atoms. The molecule has 2 atom stereocenters. The molecule has 0 saturated heterocycles. The summed E-state index contributed by atoms with van der Waals surface area (Å²) < 4.78 is 10.6. The van der Waals surface area contributed by atoms with Crippen LogP contribution in [0.15, 0.2) is 24.3 Å². The van der Waals surface area contributed by atoms with Crippen LogP contribution in [-0.4, -0.2) is 31.4 Å². The van der Waals surface area contributed by atoms with Crippen molar-refractivity contribution in [3.63, 3.8) is 0 Å². The molecule has 0 aliphatic rings. The van der Waals surface area contributed by atoms with Crippen molar-refractivity contribution in [3.8, 4) is 5.75 Å². The lowest BCUT2D eigenvalue weighted by atomic mass is 10.0. The van der Waals surface area contributed by atoms with Crippen molar-refractivity contribution < 1.29 is 14.3 Å². The Kier molecular flexibility index (Phi) is 8.76. The lowest BCUT2D eigenvalue weighted by molar-refractivity contribution is 0.0521. The molecule has 0 aliphatic heterocycles. The highest BCUT2D eigenvalue weighted by Gasteiger charge is 2.18. The normalized spacial score (nSPS) is 13.8.